The van der Waals surface area contributed by atoms with E-state index in [2.05, 4.69) is 51.0 Å². The van der Waals surface area contributed by atoms with Crippen LogP contribution in [0.1, 0.15) is 25.0 Å². The first-order valence-electron chi connectivity index (χ1n) is 8.10. The van der Waals surface area contributed by atoms with Crippen LogP contribution in [0.15, 0.2) is 51.1 Å². The van der Waals surface area contributed by atoms with Crippen molar-refractivity contribution in [2.75, 3.05) is 13.1 Å². The third-order valence-electron chi connectivity index (χ3n) is 3.92. The maximum absolute atomic E-state index is 10.8. The highest BCUT2D eigenvalue weighted by Crippen LogP contribution is 2.33. The lowest BCUT2D eigenvalue weighted by Gasteiger charge is -2.19. The molecule has 0 aliphatic rings. The summed E-state index contributed by atoms with van der Waals surface area (Å²) in [4.78, 5) is 12.6. The van der Waals surface area contributed by atoms with Crippen LogP contribution in [0.2, 0.25) is 0 Å². The topological polar surface area (TPSA) is 94.9 Å². The number of hydrogen-bond acceptors (Lipinski definition) is 6. The van der Waals surface area contributed by atoms with Crippen LogP contribution in [-0.4, -0.2) is 22.9 Å². The Hall–Kier alpha value is -2.63. The molecule has 0 fully saturated rings. The summed E-state index contributed by atoms with van der Waals surface area (Å²) < 4.78 is 0.568. The molecular weight excluding hydrogens is 398 g/mol. The molecule has 134 valence electrons. The Bertz CT molecular complexity index is 872. The molecule has 0 saturated carbocycles. The monoisotopic (exact) mass is 415 g/mol. The van der Waals surface area contributed by atoms with Crippen molar-refractivity contribution in [2.45, 2.75) is 20.4 Å². The number of nitro benzene ring substituents is 1. The third-order valence-corrected chi connectivity index (χ3v) is 4.72. The zero-order valence-electron chi connectivity index (χ0n) is 14.5. The molecular formula is C18H18BrN5O2. The zero-order chi connectivity index (χ0) is 19.1. The van der Waals surface area contributed by atoms with E-state index in [0.29, 0.717) is 28.0 Å². The molecule has 2 rings (SSSR count). The molecule has 0 bridgehead atoms. The van der Waals surface area contributed by atoms with Gasteiger partial charge in [-0.1, -0.05) is 26.0 Å². The van der Waals surface area contributed by atoms with Gasteiger partial charge in [-0.2, -0.15) is 10.4 Å². The van der Waals surface area contributed by atoms with Crippen LogP contribution >= 0.6 is 15.9 Å². The highest BCUT2D eigenvalue weighted by atomic mass is 79.9. The summed E-state index contributed by atoms with van der Waals surface area (Å²) in [5, 5.41) is 28.5. The lowest BCUT2D eigenvalue weighted by molar-refractivity contribution is -0.384. The number of benzene rings is 2. The molecule has 26 heavy (non-hydrogen) atoms. The van der Waals surface area contributed by atoms with Crippen LogP contribution in [0.4, 0.5) is 17.1 Å². The Labute approximate surface area is 160 Å². The second kappa shape index (κ2) is 9.17. The number of halogens is 1. The van der Waals surface area contributed by atoms with Crippen molar-refractivity contribution in [3.63, 3.8) is 0 Å². The molecule has 2 aromatic carbocycles. The molecule has 7 nitrogen and oxygen atoms in total. The molecule has 0 aliphatic heterocycles. The van der Waals surface area contributed by atoms with Crippen LogP contribution in [0, 0.1) is 21.4 Å². The van der Waals surface area contributed by atoms with Crippen LogP contribution < -0.4 is 0 Å². The highest BCUT2D eigenvalue weighted by molar-refractivity contribution is 9.10. The lowest BCUT2D eigenvalue weighted by Crippen LogP contribution is -2.22. The van der Waals surface area contributed by atoms with E-state index < -0.39 is 4.92 Å². The van der Waals surface area contributed by atoms with Gasteiger partial charge in [-0.3, -0.25) is 15.0 Å². The number of non-ortho nitro benzene ring substituents is 1. The minimum Gasteiger partial charge on any atom is -0.300 e. The summed E-state index contributed by atoms with van der Waals surface area (Å²) >= 11 is 3.43. The molecule has 0 heterocycles. The number of nitriles is 1. The van der Waals surface area contributed by atoms with Crippen molar-refractivity contribution < 1.29 is 4.92 Å². The molecule has 0 atom stereocenters. The van der Waals surface area contributed by atoms with E-state index in [1.165, 1.54) is 12.1 Å². The van der Waals surface area contributed by atoms with E-state index in [1.54, 1.807) is 18.2 Å². The molecule has 0 spiro atoms. The molecule has 0 N–H and O–H groups in total. The van der Waals surface area contributed by atoms with E-state index in [-0.39, 0.29) is 5.69 Å². The third kappa shape index (κ3) is 4.71. The smallest absolute Gasteiger partial charge is 0.271 e. The number of azo groups is 1. The van der Waals surface area contributed by atoms with Crippen LogP contribution in [-0.2, 0) is 6.54 Å². The normalized spacial score (nSPS) is 11.0. The molecule has 0 unspecified atom stereocenters. The second-order valence-corrected chi connectivity index (χ2v) is 6.28. The average molecular weight is 416 g/mol. The summed E-state index contributed by atoms with van der Waals surface area (Å²) in [5.74, 6) is 0. The molecule has 0 aliphatic carbocycles. The van der Waals surface area contributed by atoms with E-state index in [0.717, 1.165) is 18.7 Å². The summed E-state index contributed by atoms with van der Waals surface area (Å²) in [6.07, 6.45) is 0. The van der Waals surface area contributed by atoms with Crippen molar-refractivity contribution in [3.05, 3.63) is 62.1 Å². The van der Waals surface area contributed by atoms with Gasteiger partial charge in [0, 0.05) is 18.7 Å². The second-order valence-electron chi connectivity index (χ2n) is 5.48. The summed E-state index contributed by atoms with van der Waals surface area (Å²) in [6.45, 7) is 6.62. The summed E-state index contributed by atoms with van der Waals surface area (Å²) in [6, 6.07) is 11.8. The van der Waals surface area contributed by atoms with Gasteiger partial charge in [0.15, 0.2) is 0 Å². The van der Waals surface area contributed by atoms with E-state index >= 15 is 0 Å². The quantitative estimate of drug-likeness (QED) is 0.339. The fraction of sp³-hybridized carbons (Fsp3) is 0.278. The van der Waals surface area contributed by atoms with Gasteiger partial charge in [0.2, 0.25) is 0 Å². The van der Waals surface area contributed by atoms with Gasteiger partial charge in [0.1, 0.15) is 11.8 Å². The fourth-order valence-electron chi connectivity index (χ4n) is 2.40. The van der Waals surface area contributed by atoms with E-state index in [4.69, 9.17) is 0 Å². The molecule has 0 radical (unpaired) electrons. The van der Waals surface area contributed by atoms with Crippen molar-refractivity contribution in [2.24, 2.45) is 10.2 Å². The largest absolute Gasteiger partial charge is 0.300 e. The minimum atomic E-state index is -0.481. The number of hydrogen-bond donors (Lipinski definition) is 0. The molecule has 2 aromatic rings. The predicted octanol–water partition coefficient (Wildman–Crippen LogP) is 5.49. The van der Waals surface area contributed by atoms with Crippen LogP contribution in [0.5, 0.6) is 0 Å². The maximum Gasteiger partial charge on any atom is 0.271 e. The van der Waals surface area contributed by atoms with Gasteiger partial charge < -0.3 is 0 Å². The van der Waals surface area contributed by atoms with Crippen molar-refractivity contribution in [3.8, 4) is 6.07 Å². The highest BCUT2D eigenvalue weighted by Gasteiger charge is 2.13. The predicted molar refractivity (Wildman–Crippen MR) is 103 cm³/mol. The van der Waals surface area contributed by atoms with Gasteiger partial charge >= 0.3 is 0 Å². The van der Waals surface area contributed by atoms with Gasteiger partial charge in [0.05, 0.1) is 20.6 Å². The average Bonchev–Trinajstić information content (AvgIpc) is 2.65. The van der Waals surface area contributed by atoms with E-state index in [1.807, 2.05) is 6.07 Å². The Morgan fingerprint density at radius 2 is 1.96 bits per heavy atom. The Morgan fingerprint density at radius 1 is 1.23 bits per heavy atom. The van der Waals surface area contributed by atoms with E-state index in [9.17, 15) is 15.4 Å². The number of nitro groups is 1. The first-order valence-corrected chi connectivity index (χ1v) is 8.89. The fourth-order valence-corrected chi connectivity index (χ4v) is 2.96. The van der Waals surface area contributed by atoms with Gasteiger partial charge in [-0.05, 0) is 46.7 Å². The molecule has 0 saturated heterocycles. The molecule has 0 aromatic heterocycles. The Balaban J connectivity index is 2.32. The van der Waals surface area contributed by atoms with Crippen LogP contribution in [0.25, 0.3) is 0 Å². The van der Waals surface area contributed by atoms with Crippen molar-refractivity contribution >= 4 is 33.0 Å². The zero-order valence-corrected chi connectivity index (χ0v) is 16.1. The van der Waals surface area contributed by atoms with Crippen LogP contribution in [0.3, 0.4) is 0 Å². The first-order chi connectivity index (χ1) is 12.5. The van der Waals surface area contributed by atoms with Gasteiger partial charge in [-0.15, -0.1) is 5.11 Å². The summed E-state index contributed by atoms with van der Waals surface area (Å²) in [5.41, 5.74) is 2.26. The van der Waals surface area contributed by atoms with Gasteiger partial charge in [0.25, 0.3) is 5.69 Å². The first kappa shape index (κ1) is 19.7. The Morgan fingerprint density at radius 3 is 2.58 bits per heavy atom. The molecule has 8 heteroatoms. The SMILES string of the molecule is CCN(CC)Cc1ccc(N=Nc2cccc([N+](=O)[O-])c2)c(Br)c1C#N. The minimum absolute atomic E-state index is 0.0483. The Kier molecular flexibility index (Phi) is 6.95. The summed E-state index contributed by atoms with van der Waals surface area (Å²) in [7, 11) is 0. The number of nitrogens with zero attached hydrogens (tertiary/aromatic N) is 5. The van der Waals surface area contributed by atoms with Crippen molar-refractivity contribution in [1.29, 1.82) is 5.26 Å². The molecule has 0 amide bonds. The lowest BCUT2D eigenvalue weighted by atomic mass is 10.1. The van der Waals surface area contributed by atoms with Crippen molar-refractivity contribution in [1.82, 2.24) is 4.90 Å². The standard InChI is InChI=1S/C18H18BrN5O2/c1-3-23(4-2)12-13-8-9-17(18(19)16(13)11-20)22-21-14-6-5-7-15(10-14)24(25)26/h5-10H,3-4,12H2,1-2H3. The number of rotatable bonds is 7. The van der Waals surface area contributed by atoms with Gasteiger partial charge in [-0.25, -0.2) is 0 Å². The maximum atomic E-state index is 10.8.